The van der Waals surface area contributed by atoms with Crippen LogP contribution in [0.2, 0.25) is 0 Å². The van der Waals surface area contributed by atoms with Gasteiger partial charge in [0.1, 0.15) is 37.7 Å². The molecule has 3 unspecified atom stereocenters. The zero-order chi connectivity index (χ0) is 27.2. The molecule has 3 aromatic heterocycles. The second-order valence-electron chi connectivity index (χ2n) is 8.55. The zero-order valence-corrected chi connectivity index (χ0v) is 21.1. The van der Waals surface area contributed by atoms with Gasteiger partial charge in [-0.3, -0.25) is 18.9 Å². The maximum Gasteiger partial charge on any atom is 0.354 e. The van der Waals surface area contributed by atoms with Gasteiger partial charge in [-0.1, -0.05) is 11.8 Å². The maximum absolute atomic E-state index is 12.9. The smallest absolute Gasteiger partial charge is 0.354 e. The first-order valence-corrected chi connectivity index (χ1v) is 13.8. The van der Waals surface area contributed by atoms with Gasteiger partial charge in [-0.2, -0.15) is 9.97 Å². The Morgan fingerprint density at radius 2 is 1.87 bits per heavy atom. The number of aromatic amines is 1. The lowest BCUT2D eigenvalue weighted by Crippen LogP contribution is -2.31. The number of nitrogen functional groups attached to an aromatic ring is 2. The van der Waals surface area contributed by atoms with Crippen molar-refractivity contribution in [2.75, 3.05) is 24.7 Å². The Kier molecular flexibility index (Phi) is 7.29. The van der Waals surface area contributed by atoms with Crippen molar-refractivity contribution in [2.24, 2.45) is 0 Å². The van der Waals surface area contributed by atoms with Gasteiger partial charge in [0, 0.05) is 12.8 Å². The highest BCUT2D eigenvalue weighted by atomic mass is 32.5. The number of nitrogens with one attached hydrogen (secondary N) is 1. The summed E-state index contributed by atoms with van der Waals surface area (Å²) in [5.74, 6) is -0.326. The molecule has 0 spiro atoms. The van der Waals surface area contributed by atoms with Crippen molar-refractivity contribution in [1.82, 2.24) is 34.1 Å². The minimum absolute atomic E-state index is 0.00871. The van der Waals surface area contributed by atoms with Gasteiger partial charge in [0.05, 0.1) is 31.7 Å². The van der Waals surface area contributed by atoms with Crippen LogP contribution in [-0.2, 0) is 30.3 Å². The van der Waals surface area contributed by atoms with Crippen molar-refractivity contribution in [3.8, 4) is 0 Å². The van der Waals surface area contributed by atoms with Gasteiger partial charge in [0.2, 0.25) is 11.9 Å². The first-order chi connectivity index (χ1) is 18.0. The molecule has 7 N–H and O–H groups in total. The van der Waals surface area contributed by atoms with E-state index in [1.54, 1.807) is 0 Å². The summed E-state index contributed by atoms with van der Waals surface area (Å²) in [6, 6.07) is 0. The van der Waals surface area contributed by atoms with Crippen LogP contribution in [0.4, 0.5) is 11.9 Å². The number of hydrogen-bond acceptors (Lipinski definition) is 16. The number of nitrogens with zero attached hydrogens (tertiary/aromatic N) is 6. The molecule has 2 aliphatic heterocycles. The van der Waals surface area contributed by atoms with Gasteiger partial charge in [-0.25, -0.2) is 14.8 Å². The lowest BCUT2D eigenvalue weighted by molar-refractivity contribution is -0.215. The fraction of sp³-hybridized carbons (Fsp3) is 0.556. The van der Waals surface area contributed by atoms with Crippen LogP contribution in [0.3, 0.4) is 0 Å². The Hall–Kier alpha value is -2.87. The quantitative estimate of drug-likeness (QED) is 0.167. The molecule has 3 aromatic rings. The summed E-state index contributed by atoms with van der Waals surface area (Å²) in [6.45, 7) is -5.08. The summed E-state index contributed by atoms with van der Waals surface area (Å²) < 4.78 is 24.7. The first kappa shape index (κ1) is 26.7. The van der Waals surface area contributed by atoms with E-state index in [0.717, 1.165) is 10.9 Å². The monoisotopic (exact) mass is 572 g/mol. The molecule has 18 nitrogen and oxygen atoms in total. The summed E-state index contributed by atoms with van der Waals surface area (Å²) in [6.07, 6.45) is -3.14. The van der Waals surface area contributed by atoms with E-state index < -0.39 is 68.1 Å². The Morgan fingerprint density at radius 1 is 1.16 bits per heavy atom. The number of ether oxygens (including phenoxy) is 2. The molecule has 7 atom stereocenters. The molecule has 2 aliphatic rings. The number of H-pyrrole nitrogens is 1. The molecule has 5 rings (SSSR count). The van der Waals surface area contributed by atoms with Crippen molar-refractivity contribution in [3.05, 3.63) is 33.5 Å². The normalized spacial score (nSPS) is 29.1. The van der Waals surface area contributed by atoms with Gasteiger partial charge < -0.3 is 45.1 Å². The molecular weight excluding hydrogens is 549 g/mol. The van der Waals surface area contributed by atoms with Crippen molar-refractivity contribution in [2.45, 2.75) is 49.7 Å². The number of imidazole rings is 1. The summed E-state index contributed by atoms with van der Waals surface area (Å²) in [4.78, 5) is 54.7. The number of nitrogens with two attached hydrogens (primary N) is 2. The van der Waals surface area contributed by atoms with E-state index >= 15 is 0 Å². The second kappa shape index (κ2) is 10.4. The highest BCUT2D eigenvalue weighted by molar-refractivity contribution is 8.06. The predicted molar refractivity (Wildman–Crippen MR) is 129 cm³/mol. The lowest BCUT2D eigenvalue weighted by Gasteiger charge is -2.32. The van der Waals surface area contributed by atoms with E-state index in [1.165, 1.54) is 10.9 Å². The number of aliphatic hydroxyl groups is 2. The predicted octanol–water partition coefficient (Wildman–Crippen LogP) is -3.15. The number of aliphatic hydroxyl groups excluding tert-OH is 2. The van der Waals surface area contributed by atoms with Crippen molar-refractivity contribution < 1.29 is 33.6 Å². The number of anilines is 2. The third-order valence-electron chi connectivity index (χ3n) is 6.04. The Labute approximate surface area is 217 Å². The van der Waals surface area contributed by atoms with Crippen LogP contribution in [0.25, 0.3) is 11.2 Å². The molecule has 0 radical (unpaired) electrons. The maximum atomic E-state index is 12.9. The standard InChI is InChI=1S/C18H24N9O9PS/c19-16-22-6-27(18(31)25-16)11-1-7(29)10(35-11)4-33-37(32,38)36-8-2-12(34-9(8)3-28)26-5-21-13-14(26)23-17(20)24-15(13)30/h5-12,28-29H,1-4H2,(H,32,38)(H2,19,25,31)(H3,20,23,24,30)/p-1/t7?,8?,9-,10-,11-,12-,37?/m1/s1. The van der Waals surface area contributed by atoms with Crippen LogP contribution in [-0.4, -0.2) is 81.9 Å². The molecule has 2 fully saturated rings. The highest BCUT2D eigenvalue weighted by Crippen LogP contribution is 2.46. The molecule has 206 valence electrons. The fourth-order valence-corrected chi connectivity index (χ4v) is 5.71. The molecule has 38 heavy (non-hydrogen) atoms. The van der Waals surface area contributed by atoms with Gasteiger partial charge in [0.15, 0.2) is 11.2 Å². The largest absolute Gasteiger partial charge is 0.780 e. The van der Waals surface area contributed by atoms with E-state index in [4.69, 9.17) is 41.8 Å². The fourth-order valence-electron chi connectivity index (χ4n) is 4.25. The Bertz CT molecular complexity index is 1500. The Balaban J connectivity index is 1.23. The second-order valence-corrected chi connectivity index (χ2v) is 11.3. The van der Waals surface area contributed by atoms with Gasteiger partial charge >= 0.3 is 5.69 Å². The lowest BCUT2D eigenvalue weighted by atomic mass is 10.2. The highest BCUT2D eigenvalue weighted by Gasteiger charge is 2.40. The average Bonchev–Trinajstić information content (AvgIpc) is 3.54. The third-order valence-corrected chi connectivity index (χ3v) is 7.61. The van der Waals surface area contributed by atoms with E-state index in [0.29, 0.717) is 0 Å². The SMILES string of the molecule is Nc1ncn([C@H]2CC(O)[C@@H](COP([O-])(=S)OC3C[C@H](n4cnc5c(=O)[nH]c(N)nc54)O[C@@H]3CO)O2)c(=O)n1. The number of hydrogen-bond donors (Lipinski definition) is 5. The van der Waals surface area contributed by atoms with Gasteiger partial charge in [0.25, 0.3) is 5.56 Å². The molecule has 20 heteroatoms. The van der Waals surface area contributed by atoms with E-state index in [-0.39, 0.29) is 35.9 Å². The molecule has 0 aromatic carbocycles. The number of rotatable bonds is 8. The molecule has 2 saturated heterocycles. The topological polar surface area (TPSA) is 264 Å². The van der Waals surface area contributed by atoms with Crippen LogP contribution in [0.1, 0.15) is 25.3 Å². The first-order valence-electron chi connectivity index (χ1n) is 11.2. The van der Waals surface area contributed by atoms with Crippen molar-refractivity contribution in [3.63, 3.8) is 0 Å². The number of fused-ring (bicyclic) bond motifs is 1. The Morgan fingerprint density at radius 3 is 2.61 bits per heavy atom. The minimum Gasteiger partial charge on any atom is -0.780 e. The summed E-state index contributed by atoms with van der Waals surface area (Å²) in [7, 11) is 0. The van der Waals surface area contributed by atoms with Crippen LogP contribution >= 0.6 is 6.72 Å². The third kappa shape index (κ3) is 5.33. The van der Waals surface area contributed by atoms with E-state index in [9.17, 15) is 24.7 Å². The van der Waals surface area contributed by atoms with E-state index in [2.05, 4.69) is 24.9 Å². The molecule has 0 aliphatic carbocycles. The van der Waals surface area contributed by atoms with Gasteiger partial charge in [-0.05, 0) is 0 Å². The minimum atomic E-state index is -4.17. The van der Waals surface area contributed by atoms with Crippen LogP contribution in [0, 0.1) is 0 Å². The van der Waals surface area contributed by atoms with Crippen molar-refractivity contribution >= 4 is 41.6 Å². The average molecular weight is 572 g/mol. The summed E-state index contributed by atoms with van der Waals surface area (Å²) in [5.41, 5.74) is 9.95. The summed E-state index contributed by atoms with van der Waals surface area (Å²) in [5, 5.41) is 20.1. The molecule has 0 amide bonds. The number of aromatic nitrogens is 7. The molecule has 5 heterocycles. The molecular formula is C18H23N9O9PS-. The van der Waals surface area contributed by atoms with Gasteiger partial charge in [-0.15, -0.1) is 0 Å². The van der Waals surface area contributed by atoms with Crippen LogP contribution < -0.4 is 27.6 Å². The summed E-state index contributed by atoms with van der Waals surface area (Å²) >= 11 is 5.02. The molecule has 0 saturated carbocycles. The zero-order valence-electron chi connectivity index (χ0n) is 19.4. The van der Waals surface area contributed by atoms with Crippen LogP contribution in [0.15, 0.2) is 22.2 Å². The van der Waals surface area contributed by atoms with E-state index in [1.807, 2.05) is 0 Å². The van der Waals surface area contributed by atoms with Crippen LogP contribution in [0.5, 0.6) is 0 Å². The van der Waals surface area contributed by atoms with Crippen molar-refractivity contribution in [1.29, 1.82) is 0 Å². The molecule has 0 bridgehead atoms.